The van der Waals surface area contributed by atoms with E-state index in [0.717, 1.165) is 35.4 Å². The predicted octanol–water partition coefficient (Wildman–Crippen LogP) is 2.63. The first-order chi connectivity index (χ1) is 29.9. The Hall–Kier alpha value is -5.44. The van der Waals surface area contributed by atoms with E-state index in [0.29, 0.717) is 11.1 Å². The Morgan fingerprint density at radius 2 is 1.53 bits per heavy atom. The van der Waals surface area contributed by atoms with Gasteiger partial charge in [-0.25, -0.2) is 0 Å². The third-order valence-corrected chi connectivity index (χ3v) is 11.4. The minimum Gasteiger partial charge on any atom is -0.473 e. The molecule has 0 aliphatic carbocycles. The highest BCUT2D eigenvalue weighted by Gasteiger charge is 2.80. The van der Waals surface area contributed by atoms with Crippen LogP contribution in [-0.2, 0) is 24.9 Å². The number of likely N-dealkylation sites (tertiary alicyclic amines) is 1. The molecule has 0 bridgehead atoms. The smallest absolute Gasteiger partial charge is 0.416 e. The highest BCUT2D eigenvalue weighted by atomic mass is 19.4. The van der Waals surface area contributed by atoms with Crippen LogP contribution in [0.5, 0.6) is 11.8 Å². The van der Waals surface area contributed by atoms with Gasteiger partial charge in [-0.2, -0.15) is 18.2 Å². The summed E-state index contributed by atoms with van der Waals surface area (Å²) in [7, 11) is 11.6. The third-order valence-electron chi connectivity index (χ3n) is 11.4. The molecule has 3 heterocycles. The van der Waals surface area contributed by atoms with Crippen LogP contribution in [0.25, 0.3) is 22.0 Å². The van der Waals surface area contributed by atoms with Crippen LogP contribution in [0.15, 0.2) is 134 Å². The van der Waals surface area contributed by atoms with Crippen molar-refractivity contribution in [2.24, 2.45) is 5.41 Å². The summed E-state index contributed by atoms with van der Waals surface area (Å²) in [6.07, 6.45) is 0.969. The van der Waals surface area contributed by atoms with E-state index in [1.165, 1.54) is 29.3 Å². The number of halogens is 3. The maximum Gasteiger partial charge on any atom is 0.416 e. The van der Waals surface area contributed by atoms with E-state index in [9.17, 15) is 59.1 Å². The molecule has 3 atom stereocenters. The number of fused-ring (bicyclic) bond motifs is 1. The van der Waals surface area contributed by atoms with Gasteiger partial charge >= 0.3 is 12.1 Å². The second-order valence-corrected chi connectivity index (χ2v) is 15.6. The minimum atomic E-state index is -4.70. The lowest BCUT2D eigenvalue weighted by atomic mass is 9.42. The summed E-state index contributed by atoms with van der Waals surface area (Å²) in [4.78, 5) is 10.3. The molecule has 3 unspecified atom stereocenters. The van der Waals surface area contributed by atoms with Crippen LogP contribution in [0.3, 0.4) is 0 Å². The second-order valence-electron chi connectivity index (χ2n) is 15.6. The number of rotatable bonds is 16. The number of alkyl halides is 3. The van der Waals surface area contributed by atoms with E-state index in [2.05, 4.69) is 23.1 Å². The van der Waals surface area contributed by atoms with Gasteiger partial charge in [0, 0.05) is 48.4 Å². The van der Waals surface area contributed by atoms with Crippen molar-refractivity contribution in [2.45, 2.75) is 54.3 Å². The predicted molar refractivity (Wildman–Crippen MR) is 228 cm³/mol. The maximum atomic E-state index is 13.3. The van der Waals surface area contributed by atoms with Crippen molar-refractivity contribution in [2.75, 3.05) is 19.7 Å². The number of nitrogens with zero attached hydrogens (tertiary/aromatic N) is 3. The lowest BCUT2D eigenvalue weighted by molar-refractivity contribution is -0.510. The quantitative estimate of drug-likeness (QED) is 0.0395. The largest absolute Gasteiger partial charge is 0.473 e. The van der Waals surface area contributed by atoms with Gasteiger partial charge < -0.3 is 55.4 Å². The summed E-state index contributed by atoms with van der Waals surface area (Å²) in [6, 6.07) is 21.6. The number of hydrogen-bond acceptors (Lipinski definition) is 14. The number of allylic oxidation sites excluding steroid dienone is 2. The van der Waals surface area contributed by atoms with Crippen molar-refractivity contribution < 1.29 is 68.6 Å². The van der Waals surface area contributed by atoms with Crippen LogP contribution < -0.4 is 9.47 Å². The van der Waals surface area contributed by atoms with E-state index in [1.807, 2.05) is 30.3 Å². The van der Waals surface area contributed by atoms with Crippen molar-refractivity contribution in [3.63, 3.8) is 0 Å². The lowest BCUT2D eigenvalue weighted by Gasteiger charge is -2.66. The standard InChI is InChI=1S/C45H44B2F3N3O11/c1-3-8-28(4-2)25-63-37-18-16-35(38(52-37)64-26-30-9-6-5-7-10-30)32-21-31-22-34(15-17-36(31)51-23-32)39(54)19-20-53(24-29-11-13-33(14-12-29)41(48,49)50)27-40(39,42(46,55)44(47,58)59)43(56,57)45(60,61)62/h3-18,21-23,54-62H,1-2,19-20,24-27H2/b28-8+. The van der Waals surface area contributed by atoms with Gasteiger partial charge in [0.15, 0.2) is 7.85 Å². The molecule has 1 aliphatic heterocycles. The first-order valence-corrected chi connectivity index (χ1v) is 19.5. The van der Waals surface area contributed by atoms with Crippen molar-refractivity contribution in [3.05, 3.63) is 156 Å². The third kappa shape index (κ3) is 9.09. The lowest BCUT2D eigenvalue weighted by Crippen LogP contribution is -2.86. The minimum absolute atomic E-state index is 0.0984. The molecule has 14 nitrogen and oxygen atoms in total. The van der Waals surface area contributed by atoms with Crippen LogP contribution in [0.4, 0.5) is 13.2 Å². The van der Waals surface area contributed by atoms with E-state index < -0.39 is 58.7 Å². The molecule has 2 aromatic heterocycles. The first-order valence-electron chi connectivity index (χ1n) is 19.5. The summed E-state index contributed by atoms with van der Waals surface area (Å²) in [5, 5.41) is 101. The van der Waals surface area contributed by atoms with Gasteiger partial charge in [-0.3, -0.25) is 9.88 Å². The number of piperidine rings is 1. The van der Waals surface area contributed by atoms with Gasteiger partial charge in [0.1, 0.15) is 37.8 Å². The number of benzene rings is 3. The molecule has 0 amide bonds. The molecule has 1 fully saturated rings. The van der Waals surface area contributed by atoms with E-state index in [1.54, 1.807) is 36.4 Å². The molecule has 1 saturated heterocycles. The van der Waals surface area contributed by atoms with Gasteiger partial charge in [0.05, 0.1) is 16.6 Å². The van der Waals surface area contributed by atoms with Crippen LogP contribution in [0.2, 0.25) is 0 Å². The van der Waals surface area contributed by atoms with Crippen molar-refractivity contribution in [1.29, 1.82) is 0 Å². The van der Waals surface area contributed by atoms with Crippen LogP contribution in [0.1, 0.15) is 28.7 Å². The van der Waals surface area contributed by atoms with Gasteiger partial charge in [-0.05, 0) is 65.1 Å². The average Bonchev–Trinajstić information content (AvgIpc) is 3.24. The van der Waals surface area contributed by atoms with Crippen LogP contribution in [-0.4, -0.2) is 119 Å². The zero-order chi connectivity index (χ0) is 46.9. The molecule has 0 saturated carbocycles. The SMILES string of the molecule is [B]C(O)(O)C([B])(O)C1(C(O)(O)C(O)(O)O)CN(Cc2ccc(C(F)(F)F)cc2)CCC1(O)c1ccc2ncc(-c3ccc(OC/C(C=C)=C/C=C)nc3OCc3ccccc3)cc2c1. The number of aliphatic hydroxyl groups is 9. The van der Waals surface area contributed by atoms with E-state index in [4.69, 9.17) is 25.2 Å². The Labute approximate surface area is 368 Å². The number of ether oxygens (including phenoxy) is 2. The molecule has 0 spiro atoms. The molecular formula is C45H44B2F3N3O11. The summed E-state index contributed by atoms with van der Waals surface area (Å²) in [5.74, 6) is -8.99. The Morgan fingerprint density at radius 3 is 2.14 bits per heavy atom. The van der Waals surface area contributed by atoms with Crippen molar-refractivity contribution in [3.8, 4) is 22.9 Å². The van der Waals surface area contributed by atoms with E-state index >= 15 is 0 Å². The van der Waals surface area contributed by atoms with E-state index in [-0.39, 0.29) is 60.1 Å². The van der Waals surface area contributed by atoms with Gasteiger partial charge in [-0.1, -0.05) is 79.9 Å². The summed E-state index contributed by atoms with van der Waals surface area (Å²) in [6.45, 7) is 5.74. The summed E-state index contributed by atoms with van der Waals surface area (Å²) < 4.78 is 52.1. The fourth-order valence-electron chi connectivity index (χ4n) is 7.94. The Balaban J connectivity index is 1.48. The number of aromatic nitrogens is 2. The highest BCUT2D eigenvalue weighted by Crippen LogP contribution is 2.60. The molecule has 64 heavy (non-hydrogen) atoms. The first kappa shape index (κ1) is 48.0. The number of hydrogen-bond donors (Lipinski definition) is 9. The van der Waals surface area contributed by atoms with Crippen molar-refractivity contribution >= 4 is 26.6 Å². The molecule has 4 radical (unpaired) electrons. The molecule has 9 N–H and O–H groups in total. The summed E-state index contributed by atoms with van der Waals surface area (Å²) in [5.41, 5.74) is -13.6. The normalized spacial score (nSPS) is 20.1. The fraction of sp³-hybridized carbons (Fsp3) is 0.289. The molecular weight excluding hydrogens is 837 g/mol. The average molecular weight is 881 g/mol. The van der Waals surface area contributed by atoms with Gasteiger partial charge in [0.25, 0.3) is 5.79 Å². The second kappa shape index (κ2) is 17.9. The summed E-state index contributed by atoms with van der Waals surface area (Å²) >= 11 is 0. The monoisotopic (exact) mass is 881 g/mol. The molecule has 3 aromatic carbocycles. The zero-order valence-electron chi connectivity index (χ0n) is 34.1. The molecule has 19 heteroatoms. The van der Waals surface area contributed by atoms with Crippen molar-refractivity contribution in [1.82, 2.24) is 14.9 Å². The molecule has 6 rings (SSSR count). The van der Waals surface area contributed by atoms with Gasteiger partial charge in [0.2, 0.25) is 11.8 Å². The maximum absolute atomic E-state index is 13.3. The Kier molecular flexibility index (Phi) is 13.4. The number of pyridine rings is 2. The zero-order valence-corrected chi connectivity index (χ0v) is 34.1. The highest BCUT2D eigenvalue weighted by molar-refractivity contribution is 6.25. The topological polar surface area (TPSA) is 230 Å². The molecule has 332 valence electrons. The molecule has 1 aliphatic rings. The fourth-order valence-corrected chi connectivity index (χ4v) is 7.94. The van der Waals surface area contributed by atoms with Gasteiger partial charge in [-0.15, -0.1) is 0 Å². The van der Waals surface area contributed by atoms with Crippen LogP contribution >= 0.6 is 0 Å². The Bertz CT molecular complexity index is 2490. The van der Waals surface area contributed by atoms with Crippen LogP contribution in [0, 0.1) is 5.41 Å². The Morgan fingerprint density at radius 1 is 0.844 bits per heavy atom. The molecule has 5 aromatic rings.